The van der Waals surface area contributed by atoms with Crippen LogP contribution < -0.4 is 20.1 Å². The normalized spacial score (nSPS) is 11.8. The van der Waals surface area contributed by atoms with Crippen molar-refractivity contribution in [3.63, 3.8) is 0 Å². The van der Waals surface area contributed by atoms with Crippen molar-refractivity contribution in [3.05, 3.63) is 83.9 Å². The van der Waals surface area contributed by atoms with Crippen molar-refractivity contribution in [2.45, 2.75) is 25.9 Å². The first-order valence-electron chi connectivity index (χ1n) is 11.5. The number of rotatable bonds is 9. The van der Waals surface area contributed by atoms with Gasteiger partial charge >= 0.3 is 0 Å². The summed E-state index contributed by atoms with van der Waals surface area (Å²) in [6.07, 6.45) is 0.768. The second-order valence-corrected chi connectivity index (χ2v) is 8.14. The van der Waals surface area contributed by atoms with Crippen LogP contribution in [0.1, 0.15) is 28.8 Å². The zero-order chi connectivity index (χ0) is 24.7. The third-order valence-electron chi connectivity index (χ3n) is 5.58. The minimum absolute atomic E-state index is 0.197. The van der Waals surface area contributed by atoms with Gasteiger partial charge in [-0.2, -0.15) is 4.80 Å². The number of aromatic nitrogens is 4. The number of aryl methyl sites for hydroxylation is 1. The fourth-order valence-electron chi connectivity index (χ4n) is 3.75. The average molecular weight is 485 g/mol. The summed E-state index contributed by atoms with van der Waals surface area (Å²) in [6, 6.07) is 22.0. The van der Waals surface area contributed by atoms with Gasteiger partial charge in [-0.3, -0.25) is 9.59 Å². The number of ether oxygens (including phenoxy) is 2. The fraction of sp³-hybridized carbons (Fsp3) is 0.192. The highest BCUT2D eigenvalue weighted by Gasteiger charge is 2.16. The summed E-state index contributed by atoms with van der Waals surface area (Å²) in [5.74, 6) is 1.40. The van der Waals surface area contributed by atoms with Crippen LogP contribution in [0.4, 0.5) is 5.69 Å². The molecule has 0 saturated heterocycles. The third-order valence-corrected chi connectivity index (χ3v) is 5.58. The number of amides is 2. The number of carbonyl (C=O) groups is 2. The van der Waals surface area contributed by atoms with Crippen LogP contribution in [0.5, 0.6) is 11.5 Å². The summed E-state index contributed by atoms with van der Waals surface area (Å²) >= 11 is 0. The van der Waals surface area contributed by atoms with Gasteiger partial charge in [-0.15, -0.1) is 10.2 Å². The van der Waals surface area contributed by atoms with Crippen molar-refractivity contribution in [3.8, 4) is 22.9 Å². The quantitative estimate of drug-likeness (QED) is 0.373. The molecule has 0 saturated carbocycles. The van der Waals surface area contributed by atoms with Gasteiger partial charge in [0.2, 0.25) is 18.5 Å². The Bertz CT molecular complexity index is 1370. The second kappa shape index (κ2) is 10.7. The van der Waals surface area contributed by atoms with E-state index in [2.05, 4.69) is 26.0 Å². The Balaban J connectivity index is 1.13. The predicted molar refractivity (Wildman–Crippen MR) is 131 cm³/mol. The number of nitrogens with zero attached hydrogens (tertiary/aromatic N) is 4. The Labute approximate surface area is 207 Å². The third kappa shape index (κ3) is 5.49. The van der Waals surface area contributed by atoms with Gasteiger partial charge in [0.15, 0.2) is 11.5 Å². The highest BCUT2D eigenvalue weighted by atomic mass is 16.7. The molecule has 0 aliphatic carbocycles. The molecular formula is C26H24N6O4. The largest absolute Gasteiger partial charge is 0.454 e. The van der Waals surface area contributed by atoms with E-state index in [0.717, 1.165) is 11.1 Å². The molecule has 10 nitrogen and oxygen atoms in total. The molecule has 2 amide bonds. The Morgan fingerprint density at radius 2 is 1.75 bits per heavy atom. The molecule has 0 fully saturated rings. The Morgan fingerprint density at radius 1 is 0.944 bits per heavy atom. The number of para-hydroxylation sites is 1. The number of benzene rings is 3. The standard InChI is InChI=1S/C26H24N6O4/c33-24(11-6-14-32-30-25(29-31-32)19-7-2-1-3-8-19)28-21-10-5-4-9-20(21)26(34)27-16-18-12-13-22-23(15-18)36-17-35-22/h1-5,7-10,12-13,15H,6,11,14,16-17H2,(H,27,34)(H,28,33). The summed E-state index contributed by atoms with van der Waals surface area (Å²) in [4.78, 5) is 26.9. The van der Waals surface area contributed by atoms with E-state index in [1.807, 2.05) is 48.5 Å². The average Bonchev–Trinajstić information content (AvgIpc) is 3.57. The predicted octanol–water partition coefficient (Wildman–Crippen LogP) is 3.42. The number of hydrogen-bond donors (Lipinski definition) is 2. The van der Waals surface area contributed by atoms with Crippen molar-refractivity contribution >= 4 is 17.5 Å². The molecule has 4 aromatic rings. The number of anilines is 1. The lowest BCUT2D eigenvalue weighted by atomic mass is 10.1. The molecule has 0 bridgehead atoms. The highest BCUT2D eigenvalue weighted by molar-refractivity contribution is 6.03. The lowest BCUT2D eigenvalue weighted by Crippen LogP contribution is -2.25. The summed E-state index contributed by atoms with van der Waals surface area (Å²) < 4.78 is 10.7. The van der Waals surface area contributed by atoms with E-state index in [1.54, 1.807) is 24.3 Å². The van der Waals surface area contributed by atoms with Crippen molar-refractivity contribution < 1.29 is 19.1 Å². The molecule has 1 aliphatic heterocycles. The Morgan fingerprint density at radius 3 is 2.64 bits per heavy atom. The lowest BCUT2D eigenvalue weighted by Gasteiger charge is -2.12. The van der Waals surface area contributed by atoms with E-state index in [4.69, 9.17) is 9.47 Å². The SMILES string of the molecule is O=C(CCCn1nnc(-c2ccccc2)n1)Nc1ccccc1C(=O)NCc1ccc2c(c1)OCO2. The van der Waals surface area contributed by atoms with Crippen molar-refractivity contribution in [1.29, 1.82) is 0 Å². The molecule has 0 unspecified atom stereocenters. The Kier molecular flexibility index (Phi) is 6.83. The first kappa shape index (κ1) is 23.0. The van der Waals surface area contributed by atoms with Gasteiger partial charge in [0, 0.05) is 18.5 Å². The van der Waals surface area contributed by atoms with E-state index < -0.39 is 0 Å². The van der Waals surface area contributed by atoms with Crippen LogP contribution in [-0.4, -0.2) is 38.8 Å². The van der Waals surface area contributed by atoms with Gasteiger partial charge in [0.1, 0.15) is 0 Å². The Hall–Kier alpha value is -4.73. The molecule has 0 spiro atoms. The number of fused-ring (bicyclic) bond motifs is 1. The molecule has 1 aliphatic rings. The molecule has 3 aromatic carbocycles. The summed E-state index contributed by atoms with van der Waals surface area (Å²) in [5, 5.41) is 18.2. The number of tetrazole rings is 1. The van der Waals surface area contributed by atoms with E-state index in [0.29, 0.717) is 48.1 Å². The van der Waals surface area contributed by atoms with Gasteiger partial charge in [-0.05, 0) is 41.5 Å². The van der Waals surface area contributed by atoms with Crippen LogP contribution in [0.15, 0.2) is 72.8 Å². The van der Waals surface area contributed by atoms with E-state index in [9.17, 15) is 9.59 Å². The van der Waals surface area contributed by atoms with Crippen LogP contribution in [-0.2, 0) is 17.9 Å². The topological polar surface area (TPSA) is 120 Å². The fourth-order valence-corrected chi connectivity index (χ4v) is 3.75. The van der Waals surface area contributed by atoms with Crippen LogP contribution in [0.25, 0.3) is 11.4 Å². The molecule has 36 heavy (non-hydrogen) atoms. The van der Waals surface area contributed by atoms with Crippen LogP contribution in [0, 0.1) is 0 Å². The smallest absolute Gasteiger partial charge is 0.253 e. The minimum atomic E-state index is -0.288. The van der Waals surface area contributed by atoms with E-state index >= 15 is 0 Å². The molecule has 2 N–H and O–H groups in total. The van der Waals surface area contributed by atoms with Crippen LogP contribution in [0.3, 0.4) is 0 Å². The first-order valence-corrected chi connectivity index (χ1v) is 11.5. The zero-order valence-electron chi connectivity index (χ0n) is 19.4. The molecule has 0 atom stereocenters. The summed E-state index contributed by atoms with van der Waals surface area (Å²) in [7, 11) is 0. The van der Waals surface area contributed by atoms with Crippen molar-refractivity contribution in [2.24, 2.45) is 0 Å². The number of carbonyl (C=O) groups excluding carboxylic acids is 2. The molecule has 5 rings (SSSR count). The molecule has 2 heterocycles. The van der Waals surface area contributed by atoms with Crippen LogP contribution >= 0.6 is 0 Å². The molecule has 10 heteroatoms. The highest BCUT2D eigenvalue weighted by Crippen LogP contribution is 2.32. The minimum Gasteiger partial charge on any atom is -0.454 e. The van der Waals surface area contributed by atoms with Crippen molar-refractivity contribution in [2.75, 3.05) is 12.1 Å². The van der Waals surface area contributed by atoms with Crippen LogP contribution in [0.2, 0.25) is 0 Å². The van der Waals surface area contributed by atoms with Gasteiger partial charge in [-0.1, -0.05) is 48.5 Å². The van der Waals surface area contributed by atoms with E-state index in [-0.39, 0.29) is 25.0 Å². The van der Waals surface area contributed by atoms with Gasteiger partial charge in [-0.25, -0.2) is 0 Å². The maximum Gasteiger partial charge on any atom is 0.253 e. The lowest BCUT2D eigenvalue weighted by molar-refractivity contribution is -0.116. The van der Waals surface area contributed by atoms with Gasteiger partial charge < -0.3 is 20.1 Å². The molecule has 1 aromatic heterocycles. The maximum atomic E-state index is 12.8. The number of nitrogens with one attached hydrogen (secondary N) is 2. The summed E-state index contributed by atoms with van der Waals surface area (Å²) in [5.41, 5.74) is 2.61. The van der Waals surface area contributed by atoms with Gasteiger partial charge in [0.25, 0.3) is 5.91 Å². The molecule has 182 valence electrons. The number of hydrogen-bond acceptors (Lipinski definition) is 7. The maximum absolute atomic E-state index is 12.8. The summed E-state index contributed by atoms with van der Waals surface area (Å²) in [6.45, 7) is 0.959. The van der Waals surface area contributed by atoms with E-state index in [1.165, 1.54) is 4.80 Å². The molecular weight excluding hydrogens is 460 g/mol. The van der Waals surface area contributed by atoms with Gasteiger partial charge in [0.05, 0.1) is 17.8 Å². The first-order chi connectivity index (χ1) is 17.7. The second-order valence-electron chi connectivity index (χ2n) is 8.14. The zero-order valence-corrected chi connectivity index (χ0v) is 19.4. The molecule has 0 radical (unpaired) electrons. The monoisotopic (exact) mass is 484 g/mol. The van der Waals surface area contributed by atoms with Crippen molar-refractivity contribution in [1.82, 2.24) is 25.5 Å².